The molecule has 11 nitrogen and oxygen atoms in total. The summed E-state index contributed by atoms with van der Waals surface area (Å²) in [5.74, 6) is 2.23. The van der Waals surface area contributed by atoms with Crippen LogP contribution in [0.15, 0.2) is 55.2 Å². The largest absolute Gasteiger partial charge is 0.493 e. The molecule has 0 saturated carbocycles. The Kier molecular flexibility index (Phi) is 7.28. The van der Waals surface area contributed by atoms with E-state index in [-0.39, 0.29) is 0 Å². The topological polar surface area (TPSA) is 152 Å². The molecular weight excluding hydrogens is 577 g/mol. The number of fused-ring (bicyclic) bond motifs is 1. The van der Waals surface area contributed by atoms with Gasteiger partial charge in [0.25, 0.3) is 0 Å². The number of H-pyrrole nitrogens is 1. The van der Waals surface area contributed by atoms with E-state index in [4.69, 9.17) is 38.4 Å². The molecule has 1 aliphatic heterocycles. The quantitative estimate of drug-likeness (QED) is 0.251. The van der Waals surface area contributed by atoms with Gasteiger partial charge in [-0.15, -0.1) is 0 Å². The fraction of sp³-hybridized carbons (Fsp3) is 0.241. The molecule has 42 heavy (non-hydrogen) atoms. The van der Waals surface area contributed by atoms with E-state index in [0.29, 0.717) is 75.1 Å². The zero-order valence-electron chi connectivity index (χ0n) is 22.7. The molecule has 0 spiro atoms. The second-order valence-corrected chi connectivity index (χ2v) is 11.0. The lowest BCUT2D eigenvalue weighted by molar-refractivity contribution is 0.216. The normalized spacial score (nSPS) is 14.7. The molecule has 0 unspecified atom stereocenters. The Hall–Kier alpha value is -4.50. The van der Waals surface area contributed by atoms with E-state index in [1.54, 1.807) is 43.9 Å². The number of hydrogen-bond donors (Lipinski definition) is 2. The second-order valence-electron chi connectivity index (χ2n) is 10.2. The predicted octanol–water partition coefficient (Wildman–Crippen LogP) is 4.90. The monoisotopic (exact) mass is 601 g/mol. The van der Waals surface area contributed by atoms with Gasteiger partial charge in [-0.2, -0.15) is 10.4 Å². The first-order valence-corrected chi connectivity index (χ1v) is 13.8. The van der Waals surface area contributed by atoms with Crippen molar-refractivity contribution in [1.82, 2.24) is 30.1 Å². The first-order valence-electron chi connectivity index (χ1n) is 13.0. The summed E-state index contributed by atoms with van der Waals surface area (Å²) in [6.45, 7) is 2.90. The average Bonchev–Trinajstić information content (AvgIpc) is 3.38. The third kappa shape index (κ3) is 5.16. The summed E-state index contributed by atoms with van der Waals surface area (Å²) in [4.78, 5) is 19.2. The molecule has 1 fully saturated rings. The summed E-state index contributed by atoms with van der Waals surface area (Å²) >= 11 is 12.7. The molecule has 1 aromatic carbocycles. The van der Waals surface area contributed by atoms with Gasteiger partial charge >= 0.3 is 0 Å². The molecule has 0 amide bonds. The van der Waals surface area contributed by atoms with Crippen molar-refractivity contribution in [3.8, 4) is 28.8 Å². The number of benzene rings is 1. The highest BCUT2D eigenvalue weighted by Gasteiger charge is 2.41. The standard InChI is InChI=1S/C29H25Cl2N9O2/c1-16(26-20(30)12-34-13-21(26)31)42-24-7-19-22(8-23(24)41-2)38-39-27(19)18-6-17(10-32)28(37-11-18)40-14-29(33,15-40)9-25-35-4-3-5-36-25/h3-8,11-13,16H,9,14-15,33H2,1-2H3,(H,38,39)/t16-/m1/s1. The van der Waals surface area contributed by atoms with Crippen LogP contribution in [0.2, 0.25) is 10.0 Å². The number of ether oxygens (including phenoxy) is 2. The number of halogens is 2. The minimum Gasteiger partial charge on any atom is -0.493 e. The number of aromatic amines is 1. The summed E-state index contributed by atoms with van der Waals surface area (Å²) < 4.78 is 11.9. The van der Waals surface area contributed by atoms with Crippen LogP contribution in [-0.4, -0.2) is 55.9 Å². The summed E-state index contributed by atoms with van der Waals surface area (Å²) in [6, 6.07) is 9.45. The number of nitrogens with one attached hydrogen (secondary N) is 1. The molecule has 1 atom stereocenters. The molecule has 6 rings (SSSR count). The van der Waals surface area contributed by atoms with Crippen molar-refractivity contribution in [2.75, 3.05) is 25.1 Å². The fourth-order valence-corrected chi connectivity index (χ4v) is 5.86. The SMILES string of the molecule is COc1cc2[nH]nc(-c3cnc(N4CC(N)(Cc5ncccn5)C4)c(C#N)c3)c2cc1O[C@H](C)c1c(Cl)cncc1Cl. The lowest BCUT2D eigenvalue weighted by Gasteiger charge is -2.48. The Morgan fingerprint density at radius 2 is 1.83 bits per heavy atom. The van der Waals surface area contributed by atoms with Crippen molar-refractivity contribution in [3.63, 3.8) is 0 Å². The molecule has 3 N–H and O–H groups in total. The van der Waals surface area contributed by atoms with E-state index >= 15 is 0 Å². The van der Waals surface area contributed by atoms with Crippen LogP contribution >= 0.6 is 23.2 Å². The van der Waals surface area contributed by atoms with Gasteiger partial charge in [0.15, 0.2) is 11.5 Å². The van der Waals surface area contributed by atoms with Gasteiger partial charge < -0.3 is 20.1 Å². The molecule has 1 saturated heterocycles. The number of nitriles is 1. The van der Waals surface area contributed by atoms with Gasteiger partial charge in [-0.1, -0.05) is 23.2 Å². The maximum Gasteiger partial charge on any atom is 0.162 e. The highest BCUT2D eigenvalue weighted by atomic mass is 35.5. The molecule has 0 radical (unpaired) electrons. The summed E-state index contributed by atoms with van der Waals surface area (Å²) in [7, 11) is 1.56. The second kappa shape index (κ2) is 11.1. The molecule has 5 heterocycles. The lowest BCUT2D eigenvalue weighted by atomic mass is 9.86. The minimum atomic E-state index is -0.500. The van der Waals surface area contributed by atoms with Gasteiger partial charge in [0.05, 0.1) is 33.8 Å². The van der Waals surface area contributed by atoms with E-state index < -0.39 is 11.6 Å². The summed E-state index contributed by atoms with van der Waals surface area (Å²) in [6.07, 6.45) is 8.18. The molecule has 0 bridgehead atoms. The van der Waals surface area contributed by atoms with Crippen LogP contribution in [0.3, 0.4) is 0 Å². The molecule has 0 aliphatic carbocycles. The number of methoxy groups -OCH3 is 1. The van der Waals surface area contributed by atoms with Crippen molar-refractivity contribution in [3.05, 3.63) is 82.2 Å². The van der Waals surface area contributed by atoms with Crippen LogP contribution in [0, 0.1) is 11.3 Å². The molecule has 5 aromatic rings. The minimum absolute atomic E-state index is 0.400. The maximum absolute atomic E-state index is 9.99. The summed E-state index contributed by atoms with van der Waals surface area (Å²) in [5, 5.41) is 19.1. The first-order chi connectivity index (χ1) is 20.3. The first kappa shape index (κ1) is 27.7. The van der Waals surface area contributed by atoms with Crippen LogP contribution in [0.4, 0.5) is 5.82 Å². The average molecular weight is 602 g/mol. The van der Waals surface area contributed by atoms with Crippen molar-refractivity contribution >= 4 is 39.9 Å². The zero-order valence-corrected chi connectivity index (χ0v) is 24.2. The third-order valence-electron chi connectivity index (χ3n) is 7.15. The van der Waals surface area contributed by atoms with E-state index in [9.17, 15) is 5.26 Å². The number of aromatic nitrogens is 6. The highest BCUT2D eigenvalue weighted by Crippen LogP contribution is 2.40. The van der Waals surface area contributed by atoms with E-state index in [2.05, 4.69) is 36.2 Å². The van der Waals surface area contributed by atoms with Crippen LogP contribution < -0.4 is 20.1 Å². The number of anilines is 1. The van der Waals surface area contributed by atoms with Gasteiger partial charge in [-0.05, 0) is 25.1 Å². The predicted molar refractivity (Wildman–Crippen MR) is 159 cm³/mol. The van der Waals surface area contributed by atoms with E-state index in [0.717, 1.165) is 10.9 Å². The van der Waals surface area contributed by atoms with Gasteiger partial charge in [-0.25, -0.2) is 15.0 Å². The Balaban J connectivity index is 1.28. The highest BCUT2D eigenvalue weighted by molar-refractivity contribution is 6.35. The van der Waals surface area contributed by atoms with Gasteiger partial charge in [-0.3, -0.25) is 10.1 Å². The van der Waals surface area contributed by atoms with Crippen LogP contribution in [-0.2, 0) is 6.42 Å². The van der Waals surface area contributed by atoms with Crippen molar-refractivity contribution in [2.24, 2.45) is 5.73 Å². The Morgan fingerprint density at radius 1 is 1.10 bits per heavy atom. The zero-order chi connectivity index (χ0) is 29.4. The number of pyridine rings is 2. The van der Waals surface area contributed by atoms with Gasteiger partial charge in [0.1, 0.15) is 29.5 Å². The van der Waals surface area contributed by atoms with Crippen LogP contribution in [0.1, 0.15) is 30.0 Å². The maximum atomic E-state index is 9.99. The third-order valence-corrected chi connectivity index (χ3v) is 7.75. The van der Waals surface area contributed by atoms with Gasteiger partial charge in [0, 0.05) is 73.1 Å². The van der Waals surface area contributed by atoms with E-state index in [1.165, 1.54) is 12.4 Å². The Morgan fingerprint density at radius 3 is 2.52 bits per heavy atom. The molecule has 212 valence electrons. The van der Waals surface area contributed by atoms with Crippen LogP contribution in [0.5, 0.6) is 11.5 Å². The Labute approximate surface area is 251 Å². The number of nitrogens with two attached hydrogens (primary N) is 1. The molecule has 4 aromatic heterocycles. The van der Waals surface area contributed by atoms with Crippen molar-refractivity contribution in [2.45, 2.75) is 25.0 Å². The number of hydrogen-bond acceptors (Lipinski definition) is 10. The van der Waals surface area contributed by atoms with Crippen molar-refractivity contribution < 1.29 is 9.47 Å². The van der Waals surface area contributed by atoms with E-state index in [1.807, 2.05) is 17.9 Å². The fourth-order valence-electron chi connectivity index (χ4n) is 5.19. The number of rotatable bonds is 8. The summed E-state index contributed by atoms with van der Waals surface area (Å²) in [5.41, 5.74) is 9.11. The van der Waals surface area contributed by atoms with Gasteiger partial charge in [0.2, 0.25) is 0 Å². The Bertz CT molecular complexity index is 1800. The van der Waals surface area contributed by atoms with Crippen LogP contribution in [0.25, 0.3) is 22.2 Å². The molecule has 13 heteroatoms. The smallest absolute Gasteiger partial charge is 0.162 e. The number of nitrogens with zero attached hydrogens (tertiary/aromatic N) is 7. The molecule has 1 aliphatic rings. The van der Waals surface area contributed by atoms with Crippen molar-refractivity contribution in [1.29, 1.82) is 5.26 Å². The lowest BCUT2D eigenvalue weighted by Crippen LogP contribution is -2.69. The molecular formula is C29H25Cl2N9O2.